The Morgan fingerprint density at radius 1 is 0.711 bits per heavy atom. The third-order valence-electron chi connectivity index (χ3n) is 6.45. The molecule has 208 valence electrons. The van der Waals surface area contributed by atoms with Gasteiger partial charge in [-0.25, -0.2) is 8.42 Å². The van der Waals surface area contributed by atoms with E-state index in [2.05, 4.69) is 6.92 Å². The summed E-state index contributed by atoms with van der Waals surface area (Å²) >= 11 is 0. The van der Waals surface area contributed by atoms with Crippen molar-refractivity contribution in [2.24, 2.45) is 0 Å². The molecule has 0 aliphatic carbocycles. The Kier molecular flexibility index (Phi) is 16.5. The predicted octanol–water partition coefficient (Wildman–Crippen LogP) is 4.66. The van der Waals surface area contributed by atoms with Gasteiger partial charge in [-0.3, -0.25) is 4.55 Å². The molecule has 0 aliphatic heterocycles. The maximum absolute atomic E-state index is 12.3. The van der Waals surface area contributed by atoms with Crippen LogP contribution >= 0.6 is 0 Å². The van der Waals surface area contributed by atoms with Crippen molar-refractivity contribution < 1.29 is 49.5 Å². The van der Waals surface area contributed by atoms with Crippen LogP contribution in [0.25, 0.3) is 0 Å². The van der Waals surface area contributed by atoms with Crippen molar-refractivity contribution in [3.8, 4) is 11.5 Å². The van der Waals surface area contributed by atoms with Gasteiger partial charge in [-0.1, -0.05) is 115 Å². The van der Waals surface area contributed by atoms with E-state index in [1.165, 1.54) is 82.4 Å². The van der Waals surface area contributed by atoms with Gasteiger partial charge in [0.15, 0.2) is 5.75 Å². The summed E-state index contributed by atoms with van der Waals surface area (Å²) in [5, 5.41) is 0. The van der Waals surface area contributed by atoms with Crippen LogP contribution in [0.3, 0.4) is 0 Å². The van der Waals surface area contributed by atoms with Crippen LogP contribution in [0, 0.1) is 0 Å². The van der Waals surface area contributed by atoms with E-state index in [0.29, 0.717) is 12.8 Å². The Morgan fingerprint density at radius 3 is 1.63 bits per heavy atom. The van der Waals surface area contributed by atoms with Crippen LogP contribution in [0.2, 0.25) is 0 Å². The Morgan fingerprint density at radius 2 is 1.18 bits per heavy atom. The molecule has 0 atom stereocenters. The summed E-state index contributed by atoms with van der Waals surface area (Å²) in [7, 11) is -9.92. The molecule has 0 unspecified atom stereocenters. The average Bonchev–Trinajstić information content (AvgIpc) is 2.83. The fourth-order valence-electron chi connectivity index (χ4n) is 4.47. The number of hydrogen-bond donors (Lipinski definition) is 1. The summed E-state index contributed by atoms with van der Waals surface area (Å²) in [6.07, 6.45) is 16.9. The first kappa shape index (κ1) is 34.7. The molecule has 0 radical (unpaired) electrons. The topological polar surface area (TPSA) is 121 Å². The molecule has 0 saturated heterocycles. The molecule has 1 N–H and O–H groups in total. The molecular formula is C28H41LiO7S2. The molecule has 7 nitrogen and oxygen atoms in total. The number of rotatable bonds is 19. The molecule has 2 aromatic carbocycles. The second-order valence-corrected chi connectivity index (χ2v) is 12.3. The molecule has 10 heteroatoms. The molecular weight excluding hydrogens is 519 g/mol. The zero-order chi connectivity index (χ0) is 27.2. The number of hydrogen-bond acceptors (Lipinski definition) is 6. The third kappa shape index (κ3) is 12.7. The summed E-state index contributed by atoms with van der Waals surface area (Å²) in [6, 6.07) is 10.2. The normalized spacial score (nSPS) is 11.8. The summed E-state index contributed by atoms with van der Waals surface area (Å²) in [5.74, 6) is -0.516. The van der Waals surface area contributed by atoms with Crippen LogP contribution < -0.4 is 23.6 Å². The van der Waals surface area contributed by atoms with Crippen LogP contribution in [0.5, 0.6) is 11.5 Å². The Hall–Kier alpha value is -1.34. The van der Waals surface area contributed by atoms with Crippen LogP contribution in [0.4, 0.5) is 0 Å². The van der Waals surface area contributed by atoms with E-state index in [4.69, 9.17) is 4.74 Å². The number of unbranched alkanes of at least 4 members (excludes halogenated alkanes) is 13. The van der Waals surface area contributed by atoms with Crippen LogP contribution in [0.15, 0.2) is 52.3 Å². The number of para-hydroxylation sites is 1. The minimum absolute atomic E-state index is 0. The molecule has 2 aromatic rings. The van der Waals surface area contributed by atoms with Crippen molar-refractivity contribution in [3.63, 3.8) is 0 Å². The molecule has 2 rings (SSSR count). The molecule has 0 spiro atoms. The summed E-state index contributed by atoms with van der Waals surface area (Å²) in [5.41, 5.74) is 0.222. The zero-order valence-electron chi connectivity index (χ0n) is 22.9. The van der Waals surface area contributed by atoms with Gasteiger partial charge in [0.2, 0.25) is 0 Å². The molecule has 0 fully saturated rings. The molecule has 0 aromatic heterocycles. The number of benzene rings is 2. The molecule has 0 bridgehead atoms. The molecule has 38 heavy (non-hydrogen) atoms. The summed E-state index contributed by atoms with van der Waals surface area (Å²) < 4.78 is 75.5. The van der Waals surface area contributed by atoms with E-state index in [0.717, 1.165) is 25.3 Å². The number of aryl methyl sites for hydroxylation is 1. The van der Waals surface area contributed by atoms with E-state index >= 15 is 0 Å². The van der Waals surface area contributed by atoms with E-state index in [1.54, 1.807) is 18.2 Å². The second kappa shape index (κ2) is 18.1. The standard InChI is InChI=1S/C28H42O7S2.Li/c1-2-3-4-5-6-7-8-9-10-11-12-13-14-16-19-24-22-23-26(36(29,30)31)27(28(24)37(32,33)34)35-25-20-17-15-18-21-25;/h15,17-18,20-23H,2-14,16,19H2,1H3,(H,29,30,31)(H,32,33,34);/q;+1/p-1. The van der Waals surface area contributed by atoms with Crippen LogP contribution in [-0.2, 0) is 26.7 Å². The Balaban J connectivity index is 0.00000722. The Bertz CT molecular complexity index is 1150. The first-order chi connectivity index (χ1) is 17.6. The van der Waals surface area contributed by atoms with E-state index in [9.17, 15) is 25.9 Å². The van der Waals surface area contributed by atoms with Gasteiger partial charge in [-0.2, -0.15) is 8.42 Å². The molecule has 0 amide bonds. The van der Waals surface area contributed by atoms with Crippen LogP contribution in [-0.4, -0.2) is 25.9 Å². The monoisotopic (exact) mass is 560 g/mol. The van der Waals surface area contributed by atoms with Gasteiger partial charge in [0.05, 0.1) is 4.90 Å². The quantitative estimate of drug-likeness (QED) is 0.151. The van der Waals surface area contributed by atoms with Crippen LogP contribution in [0.1, 0.15) is 102 Å². The van der Waals surface area contributed by atoms with Crippen molar-refractivity contribution in [1.82, 2.24) is 0 Å². The minimum atomic E-state index is -5.05. The summed E-state index contributed by atoms with van der Waals surface area (Å²) in [6.45, 7) is 2.23. The summed E-state index contributed by atoms with van der Waals surface area (Å²) in [4.78, 5) is -1.49. The van der Waals surface area contributed by atoms with Crippen molar-refractivity contribution in [1.29, 1.82) is 0 Å². The van der Waals surface area contributed by atoms with Gasteiger partial charge in [0.1, 0.15) is 20.8 Å². The SMILES string of the molecule is CCCCCCCCCCCCCCCCc1ccc(S(=O)(=O)[O-])c(Oc2ccccc2)c1S(=O)(=O)O.[Li+]. The van der Waals surface area contributed by atoms with Gasteiger partial charge in [0.25, 0.3) is 10.1 Å². The zero-order valence-corrected chi connectivity index (χ0v) is 24.5. The van der Waals surface area contributed by atoms with Gasteiger partial charge in [-0.05, 0) is 36.6 Å². The van der Waals surface area contributed by atoms with Crippen molar-refractivity contribution in [3.05, 3.63) is 48.0 Å². The fourth-order valence-corrected chi connectivity index (χ4v) is 6.03. The number of ether oxygens (including phenoxy) is 1. The largest absolute Gasteiger partial charge is 1.00 e. The smallest absolute Gasteiger partial charge is 0.744 e. The molecule has 0 aliphatic rings. The van der Waals surface area contributed by atoms with E-state index in [1.807, 2.05) is 0 Å². The van der Waals surface area contributed by atoms with Gasteiger partial charge in [0, 0.05) is 0 Å². The first-order valence-corrected chi connectivity index (χ1v) is 16.3. The average molecular weight is 561 g/mol. The minimum Gasteiger partial charge on any atom is -0.744 e. The Labute approximate surface area is 241 Å². The fraction of sp³-hybridized carbons (Fsp3) is 0.571. The molecule has 0 saturated carbocycles. The maximum Gasteiger partial charge on any atom is 1.00 e. The van der Waals surface area contributed by atoms with Gasteiger partial charge < -0.3 is 9.29 Å². The first-order valence-electron chi connectivity index (χ1n) is 13.5. The molecule has 0 heterocycles. The van der Waals surface area contributed by atoms with Gasteiger partial charge >= 0.3 is 18.9 Å². The van der Waals surface area contributed by atoms with E-state index in [-0.39, 0.29) is 30.2 Å². The van der Waals surface area contributed by atoms with E-state index < -0.39 is 35.8 Å². The predicted molar refractivity (Wildman–Crippen MR) is 145 cm³/mol. The maximum atomic E-state index is 12.3. The van der Waals surface area contributed by atoms with Crippen molar-refractivity contribution >= 4 is 20.2 Å². The van der Waals surface area contributed by atoms with Gasteiger partial charge in [-0.15, -0.1) is 0 Å². The van der Waals surface area contributed by atoms with Crippen molar-refractivity contribution in [2.45, 2.75) is 113 Å². The van der Waals surface area contributed by atoms with Crippen molar-refractivity contribution in [2.75, 3.05) is 0 Å². The third-order valence-corrected chi connectivity index (χ3v) is 8.27. The second-order valence-electron chi connectivity index (χ2n) is 9.57.